The molecule has 0 aliphatic heterocycles. The molecule has 1 aromatic heterocycles. The quantitative estimate of drug-likeness (QED) is 0.706. The summed E-state index contributed by atoms with van der Waals surface area (Å²) >= 11 is 0. The van der Waals surface area contributed by atoms with Crippen LogP contribution in [-0.4, -0.2) is 9.67 Å². The molecule has 0 saturated carbocycles. The number of hydrogen-bond donors (Lipinski definition) is 1. The number of aliphatic hydroxyl groups excluding tert-OH is 1. The normalized spacial score (nSPS) is 20.1. The largest absolute Gasteiger partial charge is 0.388 e. The van der Waals surface area contributed by atoms with Crippen LogP contribution in [0.25, 0.3) is 0 Å². The van der Waals surface area contributed by atoms with Crippen molar-refractivity contribution in [2.75, 3.05) is 0 Å². The second-order valence-electron chi connectivity index (χ2n) is 3.77. The lowest BCUT2D eigenvalue weighted by molar-refractivity contribution is 0.155. The van der Waals surface area contributed by atoms with Crippen LogP contribution in [0.1, 0.15) is 36.6 Å². The average molecular weight is 189 g/mol. The summed E-state index contributed by atoms with van der Waals surface area (Å²) in [5.41, 5.74) is 2.38. The van der Waals surface area contributed by atoms with E-state index in [0.717, 1.165) is 37.8 Å². The number of aromatic nitrogens is 1. The van der Waals surface area contributed by atoms with Crippen LogP contribution >= 0.6 is 0 Å². The fraction of sp³-hybridized carbons (Fsp3) is 0.500. The SMILES string of the molecule is C#CCCn1ccc2c1CCCC2O. The molecule has 0 bridgehead atoms. The predicted molar refractivity (Wildman–Crippen MR) is 55.8 cm³/mol. The Labute approximate surface area is 84.6 Å². The number of aliphatic hydroxyl groups is 1. The zero-order chi connectivity index (χ0) is 9.97. The fourth-order valence-corrected chi connectivity index (χ4v) is 2.13. The molecule has 2 heteroatoms. The van der Waals surface area contributed by atoms with E-state index in [4.69, 9.17) is 6.42 Å². The van der Waals surface area contributed by atoms with Crippen molar-refractivity contribution in [2.24, 2.45) is 0 Å². The number of terminal acetylenes is 1. The first-order valence-corrected chi connectivity index (χ1v) is 5.12. The molecule has 1 N–H and O–H groups in total. The second-order valence-corrected chi connectivity index (χ2v) is 3.77. The van der Waals surface area contributed by atoms with Gasteiger partial charge in [0, 0.05) is 30.4 Å². The monoisotopic (exact) mass is 189 g/mol. The number of fused-ring (bicyclic) bond motifs is 1. The average Bonchev–Trinajstić information content (AvgIpc) is 2.60. The van der Waals surface area contributed by atoms with Crippen LogP contribution in [0.15, 0.2) is 12.3 Å². The Morgan fingerprint density at radius 2 is 2.50 bits per heavy atom. The van der Waals surface area contributed by atoms with Crippen LogP contribution in [0, 0.1) is 12.3 Å². The molecule has 1 unspecified atom stereocenters. The highest BCUT2D eigenvalue weighted by Crippen LogP contribution is 2.30. The topological polar surface area (TPSA) is 25.2 Å². The van der Waals surface area contributed by atoms with E-state index >= 15 is 0 Å². The first-order chi connectivity index (χ1) is 6.83. The third-order valence-electron chi connectivity index (χ3n) is 2.86. The van der Waals surface area contributed by atoms with Gasteiger partial charge in [0.1, 0.15) is 0 Å². The Kier molecular flexibility index (Phi) is 2.60. The Hall–Kier alpha value is -1.20. The van der Waals surface area contributed by atoms with Gasteiger partial charge in [0.2, 0.25) is 0 Å². The van der Waals surface area contributed by atoms with Crippen molar-refractivity contribution in [2.45, 2.75) is 38.3 Å². The van der Waals surface area contributed by atoms with Gasteiger partial charge in [-0.25, -0.2) is 0 Å². The molecule has 0 spiro atoms. The van der Waals surface area contributed by atoms with Crippen LogP contribution in [0.3, 0.4) is 0 Å². The maximum absolute atomic E-state index is 9.75. The Morgan fingerprint density at radius 1 is 1.64 bits per heavy atom. The molecule has 0 fully saturated rings. The first-order valence-electron chi connectivity index (χ1n) is 5.12. The van der Waals surface area contributed by atoms with Crippen molar-refractivity contribution in [3.05, 3.63) is 23.5 Å². The van der Waals surface area contributed by atoms with Gasteiger partial charge in [0.15, 0.2) is 0 Å². The standard InChI is InChI=1S/C12H15NO/c1-2-3-8-13-9-7-10-11(13)5-4-6-12(10)14/h1,7,9,12,14H,3-6,8H2. The number of nitrogens with zero attached hydrogens (tertiary/aromatic N) is 1. The van der Waals surface area contributed by atoms with Crippen LogP contribution < -0.4 is 0 Å². The second kappa shape index (κ2) is 3.89. The highest BCUT2D eigenvalue weighted by Gasteiger charge is 2.20. The Bertz CT molecular complexity index is 359. The van der Waals surface area contributed by atoms with Crippen molar-refractivity contribution in [3.8, 4) is 12.3 Å². The summed E-state index contributed by atoms with van der Waals surface area (Å²) < 4.78 is 2.18. The van der Waals surface area contributed by atoms with Crippen molar-refractivity contribution in [1.82, 2.24) is 4.57 Å². The molecular formula is C12H15NO. The van der Waals surface area contributed by atoms with Crippen molar-refractivity contribution >= 4 is 0 Å². The van der Waals surface area contributed by atoms with Crippen molar-refractivity contribution < 1.29 is 5.11 Å². The summed E-state index contributed by atoms with van der Waals surface area (Å²) in [6.45, 7) is 0.874. The fourth-order valence-electron chi connectivity index (χ4n) is 2.13. The number of aryl methyl sites for hydroxylation is 1. The van der Waals surface area contributed by atoms with Gasteiger partial charge < -0.3 is 9.67 Å². The van der Waals surface area contributed by atoms with Crippen molar-refractivity contribution in [3.63, 3.8) is 0 Å². The lowest BCUT2D eigenvalue weighted by Crippen LogP contribution is -2.11. The van der Waals surface area contributed by atoms with Gasteiger partial charge in [-0.2, -0.15) is 0 Å². The van der Waals surface area contributed by atoms with Crippen LogP contribution in [0.5, 0.6) is 0 Å². The summed E-state index contributed by atoms with van der Waals surface area (Å²) in [7, 11) is 0. The zero-order valence-corrected chi connectivity index (χ0v) is 8.24. The maximum Gasteiger partial charge on any atom is 0.0807 e. The summed E-state index contributed by atoms with van der Waals surface area (Å²) in [6.07, 6.45) is 10.8. The first kappa shape index (κ1) is 9.36. The van der Waals surface area contributed by atoms with E-state index in [-0.39, 0.29) is 6.10 Å². The van der Waals surface area contributed by atoms with E-state index in [0.29, 0.717) is 0 Å². The molecule has 1 heterocycles. The van der Waals surface area contributed by atoms with E-state index in [1.807, 2.05) is 12.3 Å². The number of rotatable bonds is 2. The lowest BCUT2D eigenvalue weighted by atomic mass is 9.95. The maximum atomic E-state index is 9.75. The van der Waals surface area contributed by atoms with Gasteiger partial charge in [-0.05, 0) is 25.3 Å². The van der Waals surface area contributed by atoms with E-state index in [1.54, 1.807) is 0 Å². The van der Waals surface area contributed by atoms with Gasteiger partial charge in [0.05, 0.1) is 6.10 Å². The Morgan fingerprint density at radius 3 is 3.29 bits per heavy atom. The molecule has 0 saturated heterocycles. The zero-order valence-electron chi connectivity index (χ0n) is 8.24. The molecule has 1 atom stereocenters. The molecule has 1 aliphatic carbocycles. The molecular weight excluding hydrogens is 174 g/mol. The molecule has 1 aliphatic rings. The summed E-state index contributed by atoms with van der Waals surface area (Å²) in [5, 5.41) is 9.75. The number of hydrogen-bond acceptors (Lipinski definition) is 1. The minimum absolute atomic E-state index is 0.258. The predicted octanol–water partition coefficient (Wildman–Crippen LogP) is 1.88. The van der Waals surface area contributed by atoms with Gasteiger partial charge in [-0.3, -0.25) is 0 Å². The minimum Gasteiger partial charge on any atom is -0.388 e. The van der Waals surface area contributed by atoms with Gasteiger partial charge in [-0.1, -0.05) is 0 Å². The molecule has 0 radical (unpaired) electrons. The van der Waals surface area contributed by atoms with Crippen LogP contribution in [-0.2, 0) is 13.0 Å². The molecule has 1 aromatic rings. The van der Waals surface area contributed by atoms with E-state index in [9.17, 15) is 5.11 Å². The van der Waals surface area contributed by atoms with E-state index < -0.39 is 0 Å². The Balaban J connectivity index is 2.23. The van der Waals surface area contributed by atoms with Gasteiger partial charge >= 0.3 is 0 Å². The van der Waals surface area contributed by atoms with E-state index in [2.05, 4.69) is 10.5 Å². The summed E-state index contributed by atoms with van der Waals surface area (Å²) in [4.78, 5) is 0. The molecule has 0 aromatic carbocycles. The highest BCUT2D eigenvalue weighted by molar-refractivity contribution is 5.27. The van der Waals surface area contributed by atoms with Gasteiger partial charge in [-0.15, -0.1) is 12.3 Å². The van der Waals surface area contributed by atoms with Crippen molar-refractivity contribution in [1.29, 1.82) is 0 Å². The van der Waals surface area contributed by atoms with Crippen LogP contribution in [0.4, 0.5) is 0 Å². The molecule has 74 valence electrons. The smallest absolute Gasteiger partial charge is 0.0807 e. The van der Waals surface area contributed by atoms with Crippen LogP contribution in [0.2, 0.25) is 0 Å². The van der Waals surface area contributed by atoms with E-state index in [1.165, 1.54) is 5.69 Å². The third-order valence-corrected chi connectivity index (χ3v) is 2.86. The molecule has 0 amide bonds. The summed E-state index contributed by atoms with van der Waals surface area (Å²) in [6, 6.07) is 2.02. The van der Waals surface area contributed by atoms with Gasteiger partial charge in [0.25, 0.3) is 0 Å². The molecule has 2 rings (SSSR count). The lowest BCUT2D eigenvalue weighted by Gasteiger charge is -2.19. The third kappa shape index (κ3) is 1.56. The molecule has 2 nitrogen and oxygen atoms in total. The minimum atomic E-state index is -0.258. The highest BCUT2D eigenvalue weighted by atomic mass is 16.3. The summed E-state index contributed by atoms with van der Waals surface area (Å²) in [5.74, 6) is 2.64. The molecule has 14 heavy (non-hydrogen) atoms.